The van der Waals surface area contributed by atoms with E-state index in [0.717, 1.165) is 50.4 Å². The van der Waals surface area contributed by atoms with Crippen molar-refractivity contribution in [1.29, 1.82) is 0 Å². The van der Waals surface area contributed by atoms with Crippen LogP contribution in [0.1, 0.15) is 31.2 Å². The van der Waals surface area contributed by atoms with Crippen LogP contribution in [0.2, 0.25) is 0 Å². The van der Waals surface area contributed by atoms with E-state index in [9.17, 15) is 4.79 Å². The summed E-state index contributed by atoms with van der Waals surface area (Å²) < 4.78 is 5.58. The minimum Gasteiger partial charge on any atom is -0.493 e. The smallest absolute Gasteiger partial charge is 0.224 e. The summed E-state index contributed by atoms with van der Waals surface area (Å²) in [6, 6.07) is 5.94. The second-order valence-electron chi connectivity index (χ2n) is 5.72. The van der Waals surface area contributed by atoms with Crippen molar-refractivity contribution in [3.63, 3.8) is 0 Å². The van der Waals surface area contributed by atoms with Gasteiger partial charge in [0, 0.05) is 12.1 Å². The van der Waals surface area contributed by atoms with E-state index in [1.807, 2.05) is 18.2 Å². The van der Waals surface area contributed by atoms with Gasteiger partial charge in [0.2, 0.25) is 5.91 Å². The lowest BCUT2D eigenvalue weighted by Crippen LogP contribution is -2.15. The molecule has 1 atom stereocenters. The van der Waals surface area contributed by atoms with Gasteiger partial charge >= 0.3 is 0 Å². The molecule has 0 radical (unpaired) electrons. The van der Waals surface area contributed by atoms with Crippen LogP contribution in [0.5, 0.6) is 5.75 Å². The Morgan fingerprint density at radius 2 is 2.40 bits per heavy atom. The zero-order valence-corrected chi connectivity index (χ0v) is 11.8. The van der Waals surface area contributed by atoms with Crippen molar-refractivity contribution >= 4 is 11.6 Å². The molecular formula is C16H22N2O2. The number of aryl methyl sites for hydroxylation is 1. The van der Waals surface area contributed by atoms with E-state index in [2.05, 4.69) is 10.6 Å². The van der Waals surface area contributed by atoms with Gasteiger partial charge in [-0.25, -0.2) is 0 Å². The monoisotopic (exact) mass is 274 g/mol. The highest BCUT2D eigenvalue weighted by atomic mass is 16.5. The minimum atomic E-state index is 0.119. The van der Waals surface area contributed by atoms with Crippen LogP contribution >= 0.6 is 0 Å². The number of ether oxygens (including phenoxy) is 1. The van der Waals surface area contributed by atoms with Gasteiger partial charge in [0.05, 0.1) is 6.61 Å². The molecule has 108 valence electrons. The molecule has 1 aromatic carbocycles. The summed E-state index contributed by atoms with van der Waals surface area (Å²) in [6.07, 6.45) is 4.88. The maximum Gasteiger partial charge on any atom is 0.224 e. The van der Waals surface area contributed by atoms with E-state index in [-0.39, 0.29) is 5.91 Å². The Balaban J connectivity index is 1.52. The highest BCUT2D eigenvalue weighted by molar-refractivity contribution is 5.90. The van der Waals surface area contributed by atoms with Crippen LogP contribution in [0.25, 0.3) is 0 Å². The summed E-state index contributed by atoms with van der Waals surface area (Å²) in [6.45, 7) is 2.95. The summed E-state index contributed by atoms with van der Waals surface area (Å²) in [5.74, 6) is 1.75. The van der Waals surface area contributed by atoms with E-state index < -0.39 is 0 Å². The predicted molar refractivity (Wildman–Crippen MR) is 79.1 cm³/mol. The van der Waals surface area contributed by atoms with Crippen LogP contribution in [0.15, 0.2) is 18.2 Å². The Morgan fingerprint density at radius 3 is 3.25 bits per heavy atom. The standard InChI is InChI=1S/C16H22N2O2/c19-16(6-3-12-7-8-17-11-12)18-14-4-5-15-13(10-14)2-1-9-20-15/h4-5,10,12,17H,1-3,6-9,11H2,(H,18,19). The Labute approximate surface area is 119 Å². The van der Waals surface area contributed by atoms with Gasteiger partial charge in [0.15, 0.2) is 0 Å². The SMILES string of the molecule is O=C(CCC1CCNC1)Nc1ccc2c(c1)CCCO2. The molecule has 2 heterocycles. The third-order valence-electron chi connectivity index (χ3n) is 4.13. The fourth-order valence-corrected chi connectivity index (χ4v) is 2.96. The van der Waals surface area contributed by atoms with Crippen molar-refractivity contribution in [2.75, 3.05) is 25.0 Å². The zero-order chi connectivity index (χ0) is 13.8. The maximum absolute atomic E-state index is 12.0. The van der Waals surface area contributed by atoms with Gasteiger partial charge < -0.3 is 15.4 Å². The average Bonchev–Trinajstić information content (AvgIpc) is 2.98. The van der Waals surface area contributed by atoms with Crippen LogP contribution in [0, 0.1) is 5.92 Å². The number of fused-ring (bicyclic) bond motifs is 1. The predicted octanol–water partition coefficient (Wildman–Crippen LogP) is 2.34. The highest BCUT2D eigenvalue weighted by Crippen LogP contribution is 2.27. The summed E-state index contributed by atoms with van der Waals surface area (Å²) in [5, 5.41) is 6.34. The average molecular weight is 274 g/mol. The molecule has 0 aromatic heterocycles. The number of carbonyl (C=O) groups is 1. The number of hydrogen-bond donors (Lipinski definition) is 2. The molecular weight excluding hydrogens is 252 g/mol. The lowest BCUT2D eigenvalue weighted by molar-refractivity contribution is -0.116. The molecule has 2 N–H and O–H groups in total. The number of hydrogen-bond acceptors (Lipinski definition) is 3. The first-order chi connectivity index (χ1) is 9.81. The third-order valence-corrected chi connectivity index (χ3v) is 4.13. The molecule has 1 fully saturated rings. The van der Waals surface area contributed by atoms with Crippen molar-refractivity contribution in [3.05, 3.63) is 23.8 Å². The molecule has 0 spiro atoms. The summed E-state index contributed by atoms with van der Waals surface area (Å²) >= 11 is 0. The van der Waals surface area contributed by atoms with Crippen LogP contribution in [0.3, 0.4) is 0 Å². The second-order valence-corrected chi connectivity index (χ2v) is 5.72. The summed E-state index contributed by atoms with van der Waals surface area (Å²) in [4.78, 5) is 12.0. The molecule has 0 saturated carbocycles. The Hall–Kier alpha value is -1.55. The lowest BCUT2D eigenvalue weighted by atomic mass is 10.0. The fraction of sp³-hybridized carbons (Fsp3) is 0.562. The Bertz CT molecular complexity index is 481. The molecule has 1 amide bonds. The van der Waals surface area contributed by atoms with Crippen LogP contribution in [0.4, 0.5) is 5.69 Å². The first-order valence-corrected chi connectivity index (χ1v) is 7.57. The van der Waals surface area contributed by atoms with Gasteiger partial charge in [0.1, 0.15) is 5.75 Å². The molecule has 4 nitrogen and oxygen atoms in total. The van der Waals surface area contributed by atoms with E-state index in [1.165, 1.54) is 12.0 Å². The molecule has 3 rings (SSSR count). The molecule has 0 aliphatic carbocycles. The minimum absolute atomic E-state index is 0.119. The molecule has 1 unspecified atom stereocenters. The lowest BCUT2D eigenvalue weighted by Gasteiger charge is -2.18. The van der Waals surface area contributed by atoms with Gasteiger partial charge in [-0.3, -0.25) is 4.79 Å². The van der Waals surface area contributed by atoms with Gasteiger partial charge in [-0.05, 0) is 68.5 Å². The number of carbonyl (C=O) groups excluding carboxylic acids is 1. The fourth-order valence-electron chi connectivity index (χ4n) is 2.96. The maximum atomic E-state index is 12.0. The normalized spacial score (nSPS) is 21.1. The molecule has 4 heteroatoms. The van der Waals surface area contributed by atoms with Crippen molar-refractivity contribution in [2.45, 2.75) is 32.1 Å². The topological polar surface area (TPSA) is 50.4 Å². The van der Waals surface area contributed by atoms with E-state index in [0.29, 0.717) is 12.3 Å². The summed E-state index contributed by atoms with van der Waals surface area (Å²) in [5.41, 5.74) is 2.10. The Kier molecular flexibility index (Phi) is 4.21. The first-order valence-electron chi connectivity index (χ1n) is 7.57. The van der Waals surface area contributed by atoms with Gasteiger partial charge in [0.25, 0.3) is 0 Å². The van der Waals surface area contributed by atoms with Crippen molar-refractivity contribution < 1.29 is 9.53 Å². The van der Waals surface area contributed by atoms with Crippen molar-refractivity contribution in [2.24, 2.45) is 5.92 Å². The number of nitrogens with one attached hydrogen (secondary N) is 2. The molecule has 2 aliphatic heterocycles. The van der Waals surface area contributed by atoms with Gasteiger partial charge in [-0.15, -0.1) is 0 Å². The van der Waals surface area contributed by atoms with Crippen molar-refractivity contribution in [3.8, 4) is 5.75 Å². The summed E-state index contributed by atoms with van der Waals surface area (Å²) in [7, 11) is 0. The van der Waals surface area contributed by atoms with Crippen molar-refractivity contribution in [1.82, 2.24) is 5.32 Å². The zero-order valence-electron chi connectivity index (χ0n) is 11.8. The van der Waals surface area contributed by atoms with Crippen LogP contribution < -0.4 is 15.4 Å². The van der Waals surface area contributed by atoms with E-state index in [1.54, 1.807) is 0 Å². The molecule has 1 aromatic rings. The number of amides is 1. The van der Waals surface area contributed by atoms with E-state index >= 15 is 0 Å². The molecule has 0 bridgehead atoms. The quantitative estimate of drug-likeness (QED) is 0.886. The second kappa shape index (κ2) is 6.27. The highest BCUT2D eigenvalue weighted by Gasteiger charge is 2.16. The number of benzene rings is 1. The van der Waals surface area contributed by atoms with Crippen LogP contribution in [-0.4, -0.2) is 25.6 Å². The van der Waals surface area contributed by atoms with E-state index in [4.69, 9.17) is 4.74 Å². The first kappa shape index (κ1) is 13.4. The number of anilines is 1. The van der Waals surface area contributed by atoms with Crippen LogP contribution in [-0.2, 0) is 11.2 Å². The molecule has 20 heavy (non-hydrogen) atoms. The molecule has 1 saturated heterocycles. The number of rotatable bonds is 4. The van der Waals surface area contributed by atoms with Gasteiger partial charge in [-0.1, -0.05) is 0 Å². The largest absolute Gasteiger partial charge is 0.493 e. The Morgan fingerprint density at radius 1 is 1.45 bits per heavy atom. The van der Waals surface area contributed by atoms with Gasteiger partial charge in [-0.2, -0.15) is 0 Å². The third kappa shape index (κ3) is 3.31. The molecule has 2 aliphatic rings.